The van der Waals surface area contributed by atoms with Crippen LogP contribution < -0.4 is 15.5 Å². The average molecular weight is 383 g/mol. The number of carbonyl (C=O) groups is 1. The number of fused-ring (bicyclic) bond motifs is 1. The summed E-state index contributed by atoms with van der Waals surface area (Å²) in [5, 5.41) is 6.08. The number of hydrogen-bond acceptors (Lipinski definition) is 6. The molecule has 0 bridgehead atoms. The molecular formula is C19H22FN7O. The van der Waals surface area contributed by atoms with E-state index < -0.39 is 11.7 Å². The maximum atomic E-state index is 14.2. The van der Waals surface area contributed by atoms with Crippen molar-refractivity contribution in [2.75, 3.05) is 23.3 Å². The fraction of sp³-hybridized carbons (Fsp3) is 0.368. The highest BCUT2D eigenvalue weighted by atomic mass is 19.1. The number of hydrogen-bond donors (Lipinski definition) is 2. The van der Waals surface area contributed by atoms with Crippen LogP contribution in [-0.2, 0) is 0 Å². The molecule has 0 unspecified atom stereocenters. The van der Waals surface area contributed by atoms with Gasteiger partial charge in [0.15, 0.2) is 11.5 Å². The van der Waals surface area contributed by atoms with E-state index in [2.05, 4.69) is 44.3 Å². The van der Waals surface area contributed by atoms with Gasteiger partial charge in [-0.15, -0.1) is 0 Å². The number of rotatable bonds is 3. The number of carbonyl (C=O) groups excluding carboxylic acids is 1. The molecule has 28 heavy (non-hydrogen) atoms. The molecule has 146 valence electrons. The molecule has 3 aromatic rings. The highest BCUT2D eigenvalue weighted by Crippen LogP contribution is 2.18. The van der Waals surface area contributed by atoms with Gasteiger partial charge in [0.05, 0.1) is 23.8 Å². The van der Waals surface area contributed by atoms with Crippen molar-refractivity contribution in [3.8, 4) is 0 Å². The summed E-state index contributed by atoms with van der Waals surface area (Å²) in [6.07, 6.45) is 6.35. The molecule has 3 aromatic heterocycles. The van der Waals surface area contributed by atoms with Crippen LogP contribution in [0.1, 0.15) is 30.0 Å². The van der Waals surface area contributed by atoms with E-state index in [0.29, 0.717) is 23.5 Å². The largest absolute Gasteiger partial charge is 0.350 e. The molecule has 9 heteroatoms. The number of halogens is 1. The second-order valence-electron chi connectivity index (χ2n) is 7.21. The van der Waals surface area contributed by atoms with E-state index in [-0.39, 0.29) is 11.3 Å². The third-order valence-electron chi connectivity index (χ3n) is 4.81. The number of piperazine rings is 1. The molecule has 0 radical (unpaired) electrons. The lowest BCUT2D eigenvalue weighted by atomic mass is 10.1. The summed E-state index contributed by atoms with van der Waals surface area (Å²) in [7, 11) is 0. The van der Waals surface area contributed by atoms with Crippen molar-refractivity contribution in [3.63, 3.8) is 0 Å². The number of nitrogens with one attached hydrogen (secondary N) is 2. The predicted octanol–water partition coefficient (Wildman–Crippen LogP) is 2.01. The van der Waals surface area contributed by atoms with Gasteiger partial charge >= 0.3 is 0 Å². The SMILES string of the molecule is Cc1cn2cc(NC(=O)c3cnc(N4C[C@@H](C)NC[C@H]4C)cn3)cc(F)c2n1. The summed E-state index contributed by atoms with van der Waals surface area (Å²) >= 11 is 0. The normalized spacial score (nSPS) is 19.8. The third-order valence-corrected chi connectivity index (χ3v) is 4.81. The Labute approximate surface area is 161 Å². The van der Waals surface area contributed by atoms with Crippen molar-refractivity contribution in [3.05, 3.63) is 48.1 Å². The van der Waals surface area contributed by atoms with Crippen LogP contribution in [0.15, 0.2) is 30.9 Å². The minimum Gasteiger partial charge on any atom is -0.350 e. The Morgan fingerprint density at radius 3 is 2.86 bits per heavy atom. The lowest BCUT2D eigenvalue weighted by Crippen LogP contribution is -2.54. The van der Waals surface area contributed by atoms with Crippen LogP contribution in [0.5, 0.6) is 0 Å². The Kier molecular flexibility index (Phi) is 4.68. The number of amides is 1. The van der Waals surface area contributed by atoms with Crippen LogP contribution >= 0.6 is 0 Å². The van der Waals surface area contributed by atoms with Gasteiger partial charge in [-0.1, -0.05) is 0 Å². The molecule has 0 saturated carbocycles. The van der Waals surface area contributed by atoms with Crippen LogP contribution in [0.3, 0.4) is 0 Å². The maximum absolute atomic E-state index is 14.2. The molecule has 8 nitrogen and oxygen atoms in total. The molecule has 1 amide bonds. The van der Waals surface area contributed by atoms with E-state index in [4.69, 9.17) is 0 Å². The maximum Gasteiger partial charge on any atom is 0.275 e. The number of aryl methyl sites for hydroxylation is 1. The number of nitrogens with zero attached hydrogens (tertiary/aromatic N) is 5. The average Bonchev–Trinajstić information content (AvgIpc) is 3.05. The molecule has 2 N–H and O–H groups in total. The van der Waals surface area contributed by atoms with Crippen LogP contribution in [0.2, 0.25) is 0 Å². The molecule has 1 saturated heterocycles. The first-order valence-electron chi connectivity index (χ1n) is 9.19. The highest BCUT2D eigenvalue weighted by Gasteiger charge is 2.24. The van der Waals surface area contributed by atoms with Crippen LogP contribution in [0.25, 0.3) is 5.65 Å². The number of aromatic nitrogens is 4. The van der Waals surface area contributed by atoms with E-state index in [1.165, 1.54) is 12.3 Å². The zero-order valence-corrected chi connectivity index (χ0v) is 16.0. The summed E-state index contributed by atoms with van der Waals surface area (Å²) in [4.78, 5) is 27.4. The van der Waals surface area contributed by atoms with E-state index in [9.17, 15) is 9.18 Å². The summed E-state index contributed by atoms with van der Waals surface area (Å²) in [5.74, 6) is -0.218. The third kappa shape index (κ3) is 3.53. The first-order chi connectivity index (χ1) is 13.4. The van der Waals surface area contributed by atoms with Gasteiger partial charge in [-0.05, 0) is 20.8 Å². The van der Waals surface area contributed by atoms with Gasteiger partial charge in [-0.25, -0.2) is 19.3 Å². The lowest BCUT2D eigenvalue weighted by Gasteiger charge is -2.38. The monoisotopic (exact) mass is 383 g/mol. The first-order valence-corrected chi connectivity index (χ1v) is 9.19. The molecule has 4 heterocycles. The molecular weight excluding hydrogens is 361 g/mol. The Bertz CT molecular complexity index is 1020. The van der Waals surface area contributed by atoms with Crippen molar-refractivity contribution in [2.24, 2.45) is 0 Å². The first kappa shape index (κ1) is 18.3. The van der Waals surface area contributed by atoms with E-state index in [1.807, 2.05) is 0 Å². The zero-order chi connectivity index (χ0) is 19.8. The quantitative estimate of drug-likeness (QED) is 0.720. The number of imidazole rings is 1. The zero-order valence-electron chi connectivity index (χ0n) is 16.0. The van der Waals surface area contributed by atoms with Crippen molar-refractivity contribution in [1.29, 1.82) is 0 Å². The summed E-state index contributed by atoms with van der Waals surface area (Å²) in [5.41, 5.74) is 1.41. The predicted molar refractivity (Wildman–Crippen MR) is 104 cm³/mol. The van der Waals surface area contributed by atoms with Crippen LogP contribution in [0, 0.1) is 12.7 Å². The molecule has 0 aromatic carbocycles. The van der Waals surface area contributed by atoms with Gasteiger partial charge in [0.25, 0.3) is 5.91 Å². The van der Waals surface area contributed by atoms with Gasteiger partial charge in [0.1, 0.15) is 11.5 Å². The van der Waals surface area contributed by atoms with Crippen LogP contribution in [0.4, 0.5) is 15.9 Å². The lowest BCUT2D eigenvalue weighted by molar-refractivity contribution is 0.102. The van der Waals surface area contributed by atoms with Gasteiger partial charge in [-0.3, -0.25) is 4.79 Å². The second-order valence-corrected chi connectivity index (χ2v) is 7.21. The fourth-order valence-corrected chi connectivity index (χ4v) is 3.37. The van der Waals surface area contributed by atoms with Gasteiger partial charge in [-0.2, -0.15) is 0 Å². The number of anilines is 2. The van der Waals surface area contributed by atoms with Gasteiger partial charge in [0.2, 0.25) is 0 Å². The number of pyridine rings is 1. The minimum absolute atomic E-state index is 0.168. The molecule has 4 rings (SSSR count). The standard InChI is InChI=1S/C19H22FN7O/c1-11-9-27(13(3)5-21-11)17-7-22-16(6-23-17)19(28)25-14-4-15(20)18-24-12(2)8-26(18)10-14/h4,6-8,10-11,13,21H,5,9H2,1-3H3,(H,25,28)/t11-,13-/m1/s1. The molecule has 1 aliphatic rings. The van der Waals surface area contributed by atoms with Gasteiger partial charge < -0.3 is 19.9 Å². The molecule has 1 fully saturated rings. The fourth-order valence-electron chi connectivity index (χ4n) is 3.37. The molecule has 2 atom stereocenters. The summed E-state index contributed by atoms with van der Waals surface area (Å²) in [6.45, 7) is 7.70. The minimum atomic E-state index is -0.505. The Balaban J connectivity index is 1.51. The Morgan fingerprint density at radius 1 is 1.29 bits per heavy atom. The summed E-state index contributed by atoms with van der Waals surface area (Å²) < 4.78 is 15.7. The van der Waals surface area contributed by atoms with Crippen molar-refractivity contribution in [2.45, 2.75) is 32.9 Å². The molecule has 0 aliphatic carbocycles. The van der Waals surface area contributed by atoms with Crippen molar-refractivity contribution >= 4 is 23.1 Å². The topological polar surface area (TPSA) is 87.5 Å². The smallest absolute Gasteiger partial charge is 0.275 e. The van der Waals surface area contributed by atoms with Crippen molar-refractivity contribution in [1.82, 2.24) is 24.7 Å². The van der Waals surface area contributed by atoms with E-state index >= 15 is 0 Å². The van der Waals surface area contributed by atoms with E-state index in [0.717, 1.165) is 18.9 Å². The molecule has 0 spiro atoms. The molecule has 1 aliphatic heterocycles. The van der Waals surface area contributed by atoms with Gasteiger partial charge in [0, 0.05) is 43.6 Å². The van der Waals surface area contributed by atoms with Crippen molar-refractivity contribution < 1.29 is 9.18 Å². The highest BCUT2D eigenvalue weighted by molar-refractivity contribution is 6.02. The Hall–Kier alpha value is -3.07. The Morgan fingerprint density at radius 2 is 2.11 bits per heavy atom. The second kappa shape index (κ2) is 7.16. The summed E-state index contributed by atoms with van der Waals surface area (Å²) in [6, 6.07) is 1.89. The van der Waals surface area contributed by atoms with E-state index in [1.54, 1.807) is 29.9 Å². The van der Waals surface area contributed by atoms with Crippen LogP contribution in [-0.4, -0.2) is 50.4 Å².